The van der Waals surface area contributed by atoms with Gasteiger partial charge in [0.2, 0.25) is 6.35 Å². The Morgan fingerprint density at radius 2 is 1.79 bits per heavy atom. The van der Waals surface area contributed by atoms with Gasteiger partial charge in [-0.1, -0.05) is 42.5 Å². The molecular formula is C26H23N3O4. The van der Waals surface area contributed by atoms with Crippen LogP contribution < -0.4 is 20.1 Å². The number of para-hydroxylation sites is 1. The van der Waals surface area contributed by atoms with E-state index in [2.05, 4.69) is 4.98 Å². The van der Waals surface area contributed by atoms with Crippen LogP contribution in [0, 0.1) is 0 Å². The van der Waals surface area contributed by atoms with Crippen LogP contribution in [0.5, 0.6) is 11.5 Å². The smallest absolute Gasteiger partial charge is 0.231 e. The summed E-state index contributed by atoms with van der Waals surface area (Å²) in [6.07, 6.45) is 4.22. The summed E-state index contributed by atoms with van der Waals surface area (Å²) in [6, 6.07) is 23.5. The van der Waals surface area contributed by atoms with Crippen molar-refractivity contribution in [3.05, 3.63) is 103 Å². The molecule has 7 heteroatoms. The van der Waals surface area contributed by atoms with Gasteiger partial charge in [0.25, 0.3) is 0 Å². The van der Waals surface area contributed by atoms with Gasteiger partial charge in [0, 0.05) is 11.8 Å². The van der Waals surface area contributed by atoms with Gasteiger partial charge in [0.05, 0.1) is 30.6 Å². The minimum atomic E-state index is -0.692. The zero-order valence-corrected chi connectivity index (χ0v) is 18.0. The van der Waals surface area contributed by atoms with Crippen molar-refractivity contribution in [2.45, 2.75) is 13.0 Å². The fourth-order valence-electron chi connectivity index (χ4n) is 3.70. The van der Waals surface area contributed by atoms with Crippen LogP contribution in [0.2, 0.25) is 0 Å². The molecule has 0 fully saturated rings. The molecule has 4 aromatic rings. The third-order valence-corrected chi connectivity index (χ3v) is 5.35. The summed E-state index contributed by atoms with van der Waals surface area (Å²) in [7, 11) is 1.61. The Balaban J connectivity index is 1.41. The number of aromatic nitrogens is 1. The Morgan fingerprint density at radius 3 is 2.58 bits per heavy atom. The van der Waals surface area contributed by atoms with Crippen LogP contribution >= 0.6 is 0 Å². The monoisotopic (exact) mass is 441 g/mol. The van der Waals surface area contributed by atoms with Crippen molar-refractivity contribution in [1.29, 1.82) is 0 Å². The number of hydrogen-bond donors (Lipinski definition) is 1. The Labute approximate surface area is 191 Å². The van der Waals surface area contributed by atoms with Crippen molar-refractivity contribution in [2.75, 3.05) is 12.0 Å². The van der Waals surface area contributed by atoms with Gasteiger partial charge in [-0.15, -0.1) is 0 Å². The molecule has 7 nitrogen and oxygen atoms in total. The van der Waals surface area contributed by atoms with E-state index < -0.39 is 6.35 Å². The van der Waals surface area contributed by atoms with Gasteiger partial charge < -0.3 is 18.6 Å². The SMILES string of the molecule is COc1cc(N2C=C(c3ccccc3OCc3ccccc3)OC2N)ccc1-c1cnco1. The quantitative estimate of drug-likeness (QED) is 0.432. The molecule has 0 saturated heterocycles. The number of rotatable bonds is 7. The van der Waals surface area contributed by atoms with E-state index in [-0.39, 0.29) is 0 Å². The molecule has 0 spiro atoms. The van der Waals surface area contributed by atoms with Crippen molar-refractivity contribution in [1.82, 2.24) is 4.98 Å². The number of benzene rings is 3. The molecule has 0 aliphatic carbocycles. The minimum Gasteiger partial charge on any atom is -0.496 e. The number of methoxy groups -OCH3 is 1. The zero-order chi connectivity index (χ0) is 22.6. The average molecular weight is 441 g/mol. The van der Waals surface area contributed by atoms with E-state index in [1.807, 2.05) is 83.9 Å². The Bertz CT molecular complexity index is 1260. The first kappa shape index (κ1) is 20.7. The highest BCUT2D eigenvalue weighted by molar-refractivity contribution is 5.74. The van der Waals surface area contributed by atoms with E-state index in [1.165, 1.54) is 6.39 Å². The van der Waals surface area contributed by atoms with Gasteiger partial charge in [-0.05, 0) is 29.8 Å². The van der Waals surface area contributed by atoms with Crippen molar-refractivity contribution >= 4 is 11.4 Å². The van der Waals surface area contributed by atoms with Gasteiger partial charge in [0.15, 0.2) is 17.9 Å². The number of ether oxygens (including phenoxy) is 3. The molecule has 5 rings (SSSR count). The molecule has 33 heavy (non-hydrogen) atoms. The highest BCUT2D eigenvalue weighted by Crippen LogP contribution is 2.38. The molecule has 2 N–H and O–H groups in total. The summed E-state index contributed by atoms with van der Waals surface area (Å²) in [5.41, 5.74) is 9.86. The predicted molar refractivity (Wildman–Crippen MR) is 125 cm³/mol. The molecule has 1 unspecified atom stereocenters. The Kier molecular flexibility index (Phi) is 5.70. The average Bonchev–Trinajstić information content (AvgIpc) is 3.53. The third kappa shape index (κ3) is 4.26. The van der Waals surface area contributed by atoms with Crippen LogP contribution in [-0.4, -0.2) is 18.4 Å². The van der Waals surface area contributed by atoms with Crippen molar-refractivity contribution in [3.63, 3.8) is 0 Å². The van der Waals surface area contributed by atoms with Crippen molar-refractivity contribution < 1.29 is 18.6 Å². The highest BCUT2D eigenvalue weighted by Gasteiger charge is 2.27. The van der Waals surface area contributed by atoms with Crippen LogP contribution in [-0.2, 0) is 11.3 Å². The minimum absolute atomic E-state index is 0.460. The van der Waals surface area contributed by atoms with Crippen molar-refractivity contribution in [2.24, 2.45) is 5.73 Å². The van der Waals surface area contributed by atoms with Crippen LogP contribution in [0.1, 0.15) is 11.1 Å². The van der Waals surface area contributed by atoms with E-state index in [4.69, 9.17) is 24.4 Å². The highest BCUT2D eigenvalue weighted by atomic mass is 16.5. The number of anilines is 1. The molecule has 0 bridgehead atoms. The lowest BCUT2D eigenvalue weighted by molar-refractivity contribution is 0.198. The molecule has 2 heterocycles. The lowest BCUT2D eigenvalue weighted by Crippen LogP contribution is -2.36. The standard InChI is InChI=1S/C26H23N3O4/c1-30-23-13-19(11-12-21(23)24-14-28-17-32-24)29-15-25(33-26(29)27)20-9-5-6-10-22(20)31-16-18-7-3-2-4-8-18/h2-15,17,26H,16,27H2,1H3. The van der Waals surface area contributed by atoms with Crippen LogP contribution in [0.3, 0.4) is 0 Å². The normalized spacial score (nSPS) is 15.2. The van der Waals surface area contributed by atoms with Gasteiger partial charge >= 0.3 is 0 Å². The molecule has 1 atom stereocenters. The predicted octanol–water partition coefficient (Wildman–Crippen LogP) is 5.01. The molecule has 1 aliphatic rings. The molecule has 166 valence electrons. The van der Waals surface area contributed by atoms with Gasteiger partial charge in [-0.3, -0.25) is 10.6 Å². The fraction of sp³-hybridized carbons (Fsp3) is 0.115. The second-order valence-corrected chi connectivity index (χ2v) is 7.43. The largest absolute Gasteiger partial charge is 0.496 e. The summed E-state index contributed by atoms with van der Waals surface area (Å²) < 4.78 is 23.1. The zero-order valence-electron chi connectivity index (χ0n) is 18.0. The van der Waals surface area contributed by atoms with Gasteiger partial charge in [-0.25, -0.2) is 4.98 Å². The van der Waals surface area contributed by atoms with E-state index in [1.54, 1.807) is 13.3 Å². The maximum Gasteiger partial charge on any atom is 0.231 e. The lowest BCUT2D eigenvalue weighted by atomic mass is 10.1. The molecule has 0 radical (unpaired) electrons. The van der Waals surface area contributed by atoms with Gasteiger partial charge in [0.1, 0.15) is 18.1 Å². The maximum absolute atomic E-state index is 6.32. The summed E-state index contributed by atoms with van der Waals surface area (Å²) in [4.78, 5) is 5.82. The first-order valence-electron chi connectivity index (χ1n) is 10.5. The molecule has 1 aromatic heterocycles. The second-order valence-electron chi connectivity index (χ2n) is 7.43. The van der Waals surface area contributed by atoms with E-state index in [0.29, 0.717) is 23.9 Å². The summed E-state index contributed by atoms with van der Waals surface area (Å²) in [6.45, 7) is 0.460. The molecule has 0 amide bonds. The van der Waals surface area contributed by atoms with E-state index in [9.17, 15) is 0 Å². The first-order chi connectivity index (χ1) is 16.2. The maximum atomic E-state index is 6.32. The number of hydrogen-bond acceptors (Lipinski definition) is 7. The summed E-state index contributed by atoms with van der Waals surface area (Å²) >= 11 is 0. The topological polar surface area (TPSA) is 83.0 Å². The van der Waals surface area contributed by atoms with E-state index in [0.717, 1.165) is 28.1 Å². The van der Waals surface area contributed by atoms with Crippen LogP contribution in [0.15, 0.2) is 96.0 Å². The third-order valence-electron chi connectivity index (χ3n) is 5.35. The number of oxazole rings is 1. The fourth-order valence-corrected chi connectivity index (χ4v) is 3.70. The Hall–Kier alpha value is -4.23. The van der Waals surface area contributed by atoms with E-state index >= 15 is 0 Å². The number of nitrogens with zero attached hydrogens (tertiary/aromatic N) is 2. The Morgan fingerprint density at radius 1 is 0.970 bits per heavy atom. The molecule has 1 aliphatic heterocycles. The van der Waals surface area contributed by atoms with Gasteiger partial charge in [-0.2, -0.15) is 0 Å². The van der Waals surface area contributed by atoms with Crippen LogP contribution in [0.25, 0.3) is 17.1 Å². The van der Waals surface area contributed by atoms with Crippen molar-refractivity contribution in [3.8, 4) is 22.8 Å². The molecular weight excluding hydrogens is 418 g/mol. The first-order valence-corrected chi connectivity index (χ1v) is 10.5. The summed E-state index contributed by atoms with van der Waals surface area (Å²) in [5.74, 6) is 2.62. The number of nitrogens with two attached hydrogens (primary N) is 1. The molecule has 0 saturated carbocycles. The van der Waals surface area contributed by atoms with Crippen LogP contribution in [0.4, 0.5) is 5.69 Å². The lowest BCUT2D eigenvalue weighted by Gasteiger charge is -2.21. The molecule has 3 aromatic carbocycles. The second kappa shape index (κ2) is 9.10. The summed E-state index contributed by atoms with van der Waals surface area (Å²) in [5, 5.41) is 0.